The lowest BCUT2D eigenvalue weighted by molar-refractivity contribution is 0.0928. The van der Waals surface area contributed by atoms with Gasteiger partial charge in [0.25, 0.3) is 11.7 Å². The van der Waals surface area contributed by atoms with E-state index in [-0.39, 0.29) is 23.3 Å². The van der Waals surface area contributed by atoms with Gasteiger partial charge in [0.1, 0.15) is 0 Å². The molecule has 118 valence electrons. The Labute approximate surface area is 138 Å². The number of nitrogens with zero attached hydrogens (tertiary/aromatic N) is 4. The number of hydrogen-bond acceptors (Lipinski definition) is 4. The number of amides is 1. The molecule has 1 aromatic heterocycles. The topological polar surface area (TPSA) is 72.7 Å². The molecule has 0 aliphatic rings. The van der Waals surface area contributed by atoms with Crippen molar-refractivity contribution in [3.8, 4) is 0 Å². The number of rotatable bonds is 3. The van der Waals surface area contributed by atoms with Crippen LogP contribution in [0.3, 0.4) is 0 Å². The number of nitrogens with one attached hydrogen (secondary N) is 1. The van der Waals surface area contributed by atoms with Crippen LogP contribution >= 0.6 is 15.9 Å². The molecule has 1 amide bonds. The monoisotopic (exact) mass is 365 g/mol. The lowest BCUT2D eigenvalue weighted by Gasteiger charge is -2.16. The summed E-state index contributed by atoms with van der Waals surface area (Å²) in [5.41, 5.74) is 1.85. The van der Waals surface area contributed by atoms with E-state index in [9.17, 15) is 4.79 Å². The van der Waals surface area contributed by atoms with E-state index in [1.54, 1.807) is 0 Å². The first-order valence-electron chi connectivity index (χ1n) is 7.06. The third-order valence-electron chi connectivity index (χ3n) is 3.26. The van der Waals surface area contributed by atoms with Crippen molar-refractivity contribution in [3.05, 3.63) is 39.6 Å². The molecule has 1 N–H and O–H groups in total. The minimum atomic E-state index is -0.328. The van der Waals surface area contributed by atoms with Gasteiger partial charge in [0.2, 0.25) is 0 Å². The molecule has 0 unspecified atom stereocenters. The molecule has 0 aliphatic heterocycles. The molecule has 2 aromatic rings. The minimum absolute atomic E-state index is 0.0801. The number of benzene rings is 1. The molecule has 6 nitrogen and oxygen atoms in total. The Balaban J connectivity index is 2.13. The van der Waals surface area contributed by atoms with Crippen molar-refractivity contribution >= 4 is 21.8 Å². The van der Waals surface area contributed by atoms with Gasteiger partial charge in [-0.3, -0.25) is 4.79 Å². The first-order chi connectivity index (χ1) is 10.2. The predicted octanol–water partition coefficient (Wildman–Crippen LogP) is 2.99. The summed E-state index contributed by atoms with van der Waals surface area (Å²) in [4.78, 5) is 13.7. The van der Waals surface area contributed by atoms with Crippen LogP contribution in [0.15, 0.2) is 22.7 Å². The largest absolute Gasteiger partial charge is 0.343 e. The number of carbonyl (C=O) groups excluding carboxylic acids is 1. The Kier molecular flexibility index (Phi) is 4.65. The van der Waals surface area contributed by atoms with Gasteiger partial charge in [0, 0.05) is 4.47 Å². The van der Waals surface area contributed by atoms with Gasteiger partial charge in [-0.1, -0.05) is 22.0 Å². The fourth-order valence-electron chi connectivity index (χ4n) is 2.05. The summed E-state index contributed by atoms with van der Waals surface area (Å²) < 4.78 is 1.02. The molecule has 0 bridgehead atoms. The van der Waals surface area contributed by atoms with Crippen LogP contribution in [0.25, 0.3) is 0 Å². The smallest absolute Gasteiger partial charge is 0.293 e. The molecular formula is C15H20BrN5O. The zero-order valence-electron chi connectivity index (χ0n) is 13.4. The van der Waals surface area contributed by atoms with Gasteiger partial charge in [-0.05, 0) is 63.1 Å². The normalized spacial score (nSPS) is 13.0. The van der Waals surface area contributed by atoms with Crippen LogP contribution in [0.5, 0.6) is 0 Å². The predicted molar refractivity (Wildman–Crippen MR) is 87.6 cm³/mol. The zero-order chi connectivity index (χ0) is 16.5. The number of hydrogen-bond donors (Lipinski definition) is 1. The number of tetrazole rings is 1. The number of aromatic nitrogens is 4. The standard InChI is InChI=1S/C15H20BrN5O/c1-9-8-11(16)6-7-12(9)10(2)17-14(22)13-18-20-21(19-13)15(3,4)5/h6-8,10H,1-5H3,(H,17,22)/t10-/m1/s1. The van der Waals surface area contributed by atoms with Crippen molar-refractivity contribution in [1.29, 1.82) is 0 Å². The minimum Gasteiger partial charge on any atom is -0.343 e. The van der Waals surface area contributed by atoms with Crippen LogP contribution in [0.4, 0.5) is 0 Å². The van der Waals surface area contributed by atoms with E-state index in [4.69, 9.17) is 0 Å². The molecule has 2 rings (SSSR count). The van der Waals surface area contributed by atoms with E-state index in [0.29, 0.717) is 0 Å². The Bertz CT molecular complexity index is 689. The van der Waals surface area contributed by atoms with Crippen molar-refractivity contribution in [2.45, 2.75) is 46.2 Å². The van der Waals surface area contributed by atoms with Gasteiger partial charge in [-0.25, -0.2) is 0 Å². The lowest BCUT2D eigenvalue weighted by Crippen LogP contribution is -2.29. The van der Waals surface area contributed by atoms with Gasteiger partial charge in [-0.15, -0.1) is 10.2 Å². The van der Waals surface area contributed by atoms with E-state index in [1.165, 1.54) is 4.80 Å². The second-order valence-electron chi connectivity index (χ2n) is 6.27. The average molecular weight is 366 g/mol. The van der Waals surface area contributed by atoms with Crippen LogP contribution < -0.4 is 5.32 Å². The maximum absolute atomic E-state index is 12.2. The Hall–Kier alpha value is -1.76. The maximum atomic E-state index is 12.2. The fourth-order valence-corrected chi connectivity index (χ4v) is 2.53. The molecule has 0 fully saturated rings. The molecule has 0 radical (unpaired) electrons. The fraction of sp³-hybridized carbons (Fsp3) is 0.467. The average Bonchev–Trinajstić information content (AvgIpc) is 2.87. The number of halogens is 1. The summed E-state index contributed by atoms with van der Waals surface area (Å²) in [6.07, 6.45) is 0. The van der Waals surface area contributed by atoms with Crippen LogP contribution in [0.2, 0.25) is 0 Å². The molecule has 0 spiro atoms. The summed E-state index contributed by atoms with van der Waals surface area (Å²) >= 11 is 3.44. The summed E-state index contributed by atoms with van der Waals surface area (Å²) in [6, 6.07) is 5.83. The van der Waals surface area contributed by atoms with Crippen molar-refractivity contribution in [2.75, 3.05) is 0 Å². The van der Waals surface area contributed by atoms with Crippen LogP contribution in [0.1, 0.15) is 55.5 Å². The van der Waals surface area contributed by atoms with E-state index < -0.39 is 0 Å². The molecule has 1 aromatic carbocycles. The Morgan fingerprint density at radius 3 is 2.59 bits per heavy atom. The van der Waals surface area contributed by atoms with Gasteiger partial charge in [0.15, 0.2) is 0 Å². The first-order valence-corrected chi connectivity index (χ1v) is 7.85. The first kappa shape index (κ1) is 16.6. The molecule has 0 saturated heterocycles. The molecule has 7 heteroatoms. The van der Waals surface area contributed by atoms with Crippen molar-refractivity contribution in [2.24, 2.45) is 0 Å². The highest BCUT2D eigenvalue weighted by molar-refractivity contribution is 9.10. The third-order valence-corrected chi connectivity index (χ3v) is 3.76. The summed E-state index contributed by atoms with van der Waals surface area (Å²) in [5.74, 6) is -0.248. The van der Waals surface area contributed by atoms with E-state index in [0.717, 1.165) is 15.6 Å². The summed E-state index contributed by atoms with van der Waals surface area (Å²) in [6.45, 7) is 9.79. The van der Waals surface area contributed by atoms with Crippen molar-refractivity contribution < 1.29 is 4.79 Å². The van der Waals surface area contributed by atoms with Gasteiger partial charge in [-0.2, -0.15) is 4.80 Å². The van der Waals surface area contributed by atoms with Crippen LogP contribution in [-0.2, 0) is 5.54 Å². The Morgan fingerprint density at radius 1 is 1.36 bits per heavy atom. The zero-order valence-corrected chi connectivity index (χ0v) is 15.0. The molecule has 22 heavy (non-hydrogen) atoms. The van der Waals surface area contributed by atoms with E-state index >= 15 is 0 Å². The highest BCUT2D eigenvalue weighted by Gasteiger charge is 2.21. The number of carbonyl (C=O) groups is 1. The molecule has 0 aliphatic carbocycles. The maximum Gasteiger partial charge on any atom is 0.293 e. The van der Waals surface area contributed by atoms with Crippen molar-refractivity contribution in [3.63, 3.8) is 0 Å². The Morgan fingerprint density at radius 2 is 2.05 bits per heavy atom. The van der Waals surface area contributed by atoms with Crippen LogP contribution in [-0.4, -0.2) is 26.1 Å². The highest BCUT2D eigenvalue weighted by Crippen LogP contribution is 2.21. The van der Waals surface area contributed by atoms with Gasteiger partial charge >= 0.3 is 0 Å². The SMILES string of the molecule is Cc1cc(Br)ccc1[C@@H](C)NC(=O)c1nnn(C(C)(C)C)n1. The quantitative estimate of drug-likeness (QED) is 0.907. The molecular weight excluding hydrogens is 346 g/mol. The molecule has 1 heterocycles. The van der Waals surface area contributed by atoms with Crippen LogP contribution in [0, 0.1) is 6.92 Å². The van der Waals surface area contributed by atoms with E-state index in [2.05, 4.69) is 36.7 Å². The second kappa shape index (κ2) is 6.16. The summed E-state index contributed by atoms with van der Waals surface area (Å²) in [5, 5.41) is 14.8. The van der Waals surface area contributed by atoms with E-state index in [1.807, 2.05) is 52.8 Å². The van der Waals surface area contributed by atoms with Crippen molar-refractivity contribution in [1.82, 2.24) is 25.5 Å². The lowest BCUT2D eigenvalue weighted by atomic mass is 10.0. The summed E-state index contributed by atoms with van der Waals surface area (Å²) in [7, 11) is 0. The van der Waals surface area contributed by atoms with Gasteiger partial charge < -0.3 is 5.32 Å². The molecule has 0 saturated carbocycles. The van der Waals surface area contributed by atoms with Gasteiger partial charge in [0.05, 0.1) is 11.6 Å². The highest BCUT2D eigenvalue weighted by atomic mass is 79.9. The third kappa shape index (κ3) is 3.71. The molecule has 1 atom stereocenters. The second-order valence-corrected chi connectivity index (χ2v) is 7.19. The number of aryl methyl sites for hydroxylation is 1.